The number of rotatable bonds is 4. The minimum absolute atomic E-state index is 0.202. The average molecular weight is 262 g/mol. The molecule has 1 aromatic carbocycles. The predicted octanol–water partition coefficient (Wildman–Crippen LogP) is 1.82. The summed E-state index contributed by atoms with van der Waals surface area (Å²) in [4.78, 5) is 11.4. The molecule has 0 unspecified atom stereocenters. The van der Waals surface area contributed by atoms with Crippen LogP contribution in [-0.4, -0.2) is 17.6 Å². The highest BCUT2D eigenvalue weighted by Crippen LogP contribution is 2.15. The molecule has 1 heterocycles. The van der Waals surface area contributed by atoms with Crippen molar-refractivity contribution in [3.8, 4) is 5.75 Å². The molecule has 0 aliphatic carbocycles. The molecule has 0 spiro atoms. The fourth-order valence-corrected chi connectivity index (χ4v) is 1.73. The molecule has 1 fully saturated rings. The van der Waals surface area contributed by atoms with Crippen LogP contribution in [0.4, 0.5) is 0 Å². The topological polar surface area (TPSA) is 50.4 Å². The lowest BCUT2D eigenvalue weighted by atomic mass is 10.2. The number of amides is 1. The van der Waals surface area contributed by atoms with Gasteiger partial charge in [-0.25, -0.2) is 0 Å². The van der Waals surface area contributed by atoms with Gasteiger partial charge in [0.2, 0.25) is 0 Å². The monoisotopic (exact) mass is 262 g/mol. The molecule has 94 valence electrons. The van der Waals surface area contributed by atoms with E-state index < -0.39 is 0 Å². The van der Waals surface area contributed by atoms with Gasteiger partial charge >= 0.3 is 0 Å². The molecule has 1 aromatic rings. The predicted molar refractivity (Wildman–Crippen MR) is 74.1 cm³/mol. The Balaban J connectivity index is 2.08. The normalized spacial score (nSPS) is 16.6. The second-order valence-corrected chi connectivity index (χ2v) is 4.29. The van der Waals surface area contributed by atoms with Crippen LogP contribution in [-0.2, 0) is 4.79 Å². The lowest BCUT2D eigenvalue weighted by Gasteiger charge is -2.04. The molecule has 2 N–H and O–H groups in total. The summed E-state index contributed by atoms with van der Waals surface area (Å²) in [5, 5.41) is 5.66. The smallest absolute Gasteiger partial charge is 0.273 e. The van der Waals surface area contributed by atoms with Crippen LogP contribution < -0.4 is 15.4 Å². The minimum Gasteiger partial charge on any atom is -0.494 e. The van der Waals surface area contributed by atoms with Crippen molar-refractivity contribution in [2.24, 2.45) is 0 Å². The van der Waals surface area contributed by atoms with Crippen LogP contribution in [0.3, 0.4) is 0 Å². The summed E-state index contributed by atoms with van der Waals surface area (Å²) >= 11 is 4.85. The summed E-state index contributed by atoms with van der Waals surface area (Å²) in [7, 11) is 0. The molecule has 2 rings (SSSR count). The molecule has 4 nitrogen and oxygen atoms in total. The highest BCUT2D eigenvalue weighted by atomic mass is 32.1. The largest absolute Gasteiger partial charge is 0.494 e. The van der Waals surface area contributed by atoms with Crippen molar-refractivity contribution in [2.75, 3.05) is 6.61 Å². The van der Waals surface area contributed by atoms with Gasteiger partial charge in [0.25, 0.3) is 5.91 Å². The van der Waals surface area contributed by atoms with Gasteiger partial charge in [-0.15, -0.1) is 0 Å². The average Bonchev–Trinajstić information content (AvgIpc) is 2.67. The van der Waals surface area contributed by atoms with Crippen LogP contribution in [0, 0.1) is 0 Å². The third-order valence-corrected chi connectivity index (χ3v) is 2.59. The first kappa shape index (κ1) is 12.6. The second kappa shape index (κ2) is 5.64. The summed E-state index contributed by atoms with van der Waals surface area (Å²) in [6, 6.07) is 7.56. The van der Waals surface area contributed by atoms with Crippen molar-refractivity contribution in [1.29, 1.82) is 0 Å². The zero-order valence-corrected chi connectivity index (χ0v) is 10.8. The Labute approximate surface area is 111 Å². The SMILES string of the molecule is CCCOc1ccc(/C=C2/NC(=S)NC2=O)cc1. The summed E-state index contributed by atoms with van der Waals surface area (Å²) in [5.41, 5.74) is 1.38. The van der Waals surface area contributed by atoms with E-state index in [1.165, 1.54) is 0 Å². The lowest BCUT2D eigenvalue weighted by Crippen LogP contribution is -2.21. The first-order chi connectivity index (χ1) is 8.69. The van der Waals surface area contributed by atoms with Gasteiger partial charge < -0.3 is 10.1 Å². The molecule has 0 bridgehead atoms. The summed E-state index contributed by atoms with van der Waals surface area (Å²) in [6.45, 7) is 2.77. The van der Waals surface area contributed by atoms with Gasteiger partial charge in [0.05, 0.1) is 6.61 Å². The van der Waals surface area contributed by atoms with Crippen molar-refractivity contribution < 1.29 is 9.53 Å². The number of carbonyl (C=O) groups excluding carboxylic acids is 1. The lowest BCUT2D eigenvalue weighted by molar-refractivity contribution is -0.115. The van der Waals surface area contributed by atoms with E-state index >= 15 is 0 Å². The maximum Gasteiger partial charge on any atom is 0.273 e. The standard InChI is InChI=1S/C13H14N2O2S/c1-2-7-17-10-5-3-9(4-6-10)8-11-12(16)15-13(18)14-11/h3-6,8H,2,7H2,1H3,(H2,14,15,16,18)/b11-8+. The first-order valence-corrected chi connectivity index (χ1v) is 6.17. The van der Waals surface area contributed by atoms with E-state index in [2.05, 4.69) is 17.6 Å². The van der Waals surface area contributed by atoms with Crippen LogP contribution in [0.1, 0.15) is 18.9 Å². The van der Waals surface area contributed by atoms with E-state index in [0.717, 1.165) is 17.7 Å². The number of thiocarbonyl (C=S) groups is 1. The zero-order chi connectivity index (χ0) is 13.0. The molecule has 18 heavy (non-hydrogen) atoms. The maximum atomic E-state index is 11.4. The van der Waals surface area contributed by atoms with Crippen molar-refractivity contribution >= 4 is 29.3 Å². The number of ether oxygens (including phenoxy) is 1. The van der Waals surface area contributed by atoms with Crippen LogP contribution in [0.5, 0.6) is 5.75 Å². The number of benzene rings is 1. The fourth-order valence-electron chi connectivity index (χ4n) is 1.53. The van der Waals surface area contributed by atoms with Crippen LogP contribution in [0.2, 0.25) is 0 Å². The Hall–Kier alpha value is -1.88. The first-order valence-electron chi connectivity index (χ1n) is 5.76. The Morgan fingerprint density at radius 1 is 1.28 bits per heavy atom. The molecule has 1 saturated heterocycles. The van der Waals surface area contributed by atoms with E-state index in [1.807, 2.05) is 24.3 Å². The Morgan fingerprint density at radius 3 is 2.56 bits per heavy atom. The molecule has 0 atom stereocenters. The number of hydrogen-bond acceptors (Lipinski definition) is 3. The van der Waals surface area contributed by atoms with Gasteiger partial charge in [-0.3, -0.25) is 10.1 Å². The molecular weight excluding hydrogens is 248 g/mol. The molecule has 1 aliphatic heterocycles. The minimum atomic E-state index is -0.202. The van der Waals surface area contributed by atoms with E-state index in [1.54, 1.807) is 6.08 Å². The molecule has 0 saturated carbocycles. The summed E-state index contributed by atoms with van der Waals surface area (Å²) in [6.07, 6.45) is 2.73. The second-order valence-electron chi connectivity index (χ2n) is 3.88. The third-order valence-electron chi connectivity index (χ3n) is 2.38. The molecule has 1 aliphatic rings. The van der Waals surface area contributed by atoms with Crippen molar-refractivity contribution in [3.63, 3.8) is 0 Å². The Morgan fingerprint density at radius 2 is 2.00 bits per heavy atom. The maximum absolute atomic E-state index is 11.4. The van der Waals surface area contributed by atoms with Gasteiger partial charge in [-0.2, -0.15) is 0 Å². The molecule has 5 heteroatoms. The van der Waals surface area contributed by atoms with Gasteiger partial charge in [0, 0.05) is 0 Å². The van der Waals surface area contributed by atoms with Gasteiger partial charge in [0.1, 0.15) is 11.4 Å². The van der Waals surface area contributed by atoms with Crippen LogP contribution >= 0.6 is 12.2 Å². The van der Waals surface area contributed by atoms with Gasteiger partial charge in [-0.1, -0.05) is 19.1 Å². The van der Waals surface area contributed by atoms with Crippen molar-refractivity contribution in [2.45, 2.75) is 13.3 Å². The number of hydrogen-bond donors (Lipinski definition) is 2. The Kier molecular flexibility index (Phi) is 3.94. The fraction of sp³-hybridized carbons (Fsp3) is 0.231. The Bertz CT molecular complexity index is 494. The van der Waals surface area contributed by atoms with E-state index in [-0.39, 0.29) is 5.91 Å². The summed E-state index contributed by atoms with van der Waals surface area (Å²) in [5.74, 6) is 0.629. The molecular formula is C13H14N2O2S. The number of nitrogens with one attached hydrogen (secondary N) is 2. The van der Waals surface area contributed by atoms with Crippen LogP contribution in [0.25, 0.3) is 6.08 Å². The zero-order valence-electron chi connectivity index (χ0n) is 10.0. The van der Waals surface area contributed by atoms with Crippen molar-refractivity contribution in [3.05, 3.63) is 35.5 Å². The van der Waals surface area contributed by atoms with E-state index in [4.69, 9.17) is 17.0 Å². The van der Waals surface area contributed by atoms with Gasteiger partial charge in [-0.05, 0) is 42.4 Å². The van der Waals surface area contributed by atoms with Gasteiger partial charge in [0.15, 0.2) is 5.11 Å². The molecule has 1 amide bonds. The highest BCUT2D eigenvalue weighted by Gasteiger charge is 2.19. The van der Waals surface area contributed by atoms with E-state index in [9.17, 15) is 4.79 Å². The highest BCUT2D eigenvalue weighted by molar-refractivity contribution is 7.80. The third kappa shape index (κ3) is 3.07. The van der Waals surface area contributed by atoms with Crippen LogP contribution in [0.15, 0.2) is 30.0 Å². The van der Waals surface area contributed by atoms with Crippen molar-refractivity contribution in [1.82, 2.24) is 10.6 Å². The number of carbonyl (C=O) groups is 1. The molecule has 0 aromatic heterocycles. The molecule has 0 radical (unpaired) electrons. The summed E-state index contributed by atoms with van der Waals surface area (Å²) < 4.78 is 5.48. The quantitative estimate of drug-likeness (QED) is 0.642. The van der Waals surface area contributed by atoms with E-state index in [0.29, 0.717) is 17.4 Å².